The maximum Gasteiger partial charge on any atom is 0.248 e. The third-order valence-corrected chi connectivity index (χ3v) is 6.31. The predicted molar refractivity (Wildman–Crippen MR) is 105 cm³/mol. The van der Waals surface area contributed by atoms with Crippen LogP contribution in [-0.2, 0) is 14.8 Å². The molecule has 0 spiro atoms. The van der Waals surface area contributed by atoms with E-state index < -0.39 is 15.3 Å². The fraction of sp³-hybridized carbons (Fsp3) is 0.222. The van der Waals surface area contributed by atoms with Crippen molar-refractivity contribution in [1.29, 1.82) is 0 Å². The van der Waals surface area contributed by atoms with Gasteiger partial charge in [0.05, 0.1) is 21.4 Å². The zero-order valence-electron chi connectivity index (χ0n) is 13.7. The Labute approximate surface area is 162 Å². The van der Waals surface area contributed by atoms with Crippen LogP contribution in [0.25, 0.3) is 0 Å². The van der Waals surface area contributed by atoms with Crippen LogP contribution in [0.5, 0.6) is 0 Å². The maximum absolute atomic E-state index is 12.9. The Morgan fingerprint density at radius 1 is 0.962 bits per heavy atom. The number of rotatable bonds is 4. The average molecular weight is 411 g/mol. The predicted octanol–water partition coefficient (Wildman–Crippen LogP) is 4.63. The number of carbonyl (C=O) groups excluding carboxylic acids is 1. The molecule has 136 valence electrons. The van der Waals surface area contributed by atoms with Crippen LogP contribution in [-0.4, -0.2) is 25.2 Å². The second-order valence-corrected chi connectivity index (χ2v) is 8.46. The first-order chi connectivity index (χ1) is 12.4. The number of sulfonamides is 1. The van der Waals surface area contributed by atoms with E-state index in [4.69, 9.17) is 23.2 Å². The summed E-state index contributed by atoms with van der Waals surface area (Å²) in [6.45, 7) is 0. The Morgan fingerprint density at radius 2 is 1.62 bits per heavy atom. The Kier molecular flexibility index (Phi) is 5.65. The molecule has 1 atom stereocenters. The van der Waals surface area contributed by atoms with Crippen LogP contribution in [0.4, 0.5) is 11.4 Å². The number of hydrogen-bond donors (Lipinski definition) is 1. The summed E-state index contributed by atoms with van der Waals surface area (Å²) in [5.41, 5.74) is 0.954. The lowest BCUT2D eigenvalue weighted by Crippen LogP contribution is -2.43. The van der Waals surface area contributed by atoms with Crippen LogP contribution in [0.2, 0.25) is 10.0 Å². The smallest absolute Gasteiger partial charge is 0.248 e. The van der Waals surface area contributed by atoms with Crippen molar-refractivity contribution in [1.82, 2.24) is 0 Å². The Balaban J connectivity index is 2.00. The molecule has 1 saturated carbocycles. The highest BCUT2D eigenvalue weighted by Gasteiger charge is 2.39. The topological polar surface area (TPSA) is 75.6 Å². The normalized spacial score (nSPS) is 19.5. The number of aliphatic imine (C=N–C) groups is 1. The average Bonchev–Trinajstić information content (AvgIpc) is 2.59. The molecule has 1 fully saturated rings. The van der Waals surface area contributed by atoms with Gasteiger partial charge in [0.15, 0.2) is 11.0 Å². The summed E-state index contributed by atoms with van der Waals surface area (Å²) in [6.07, 6.45) is 1.15. The van der Waals surface area contributed by atoms with Gasteiger partial charge in [-0.25, -0.2) is 8.42 Å². The number of nitrogens with zero attached hydrogens (tertiary/aromatic N) is 1. The number of halogens is 2. The van der Waals surface area contributed by atoms with Crippen molar-refractivity contribution in [2.75, 3.05) is 4.72 Å². The molecule has 8 heteroatoms. The first-order valence-corrected chi connectivity index (χ1v) is 10.3. The van der Waals surface area contributed by atoms with Crippen molar-refractivity contribution in [3.05, 3.63) is 58.6 Å². The molecule has 0 heterocycles. The summed E-state index contributed by atoms with van der Waals surface area (Å²) >= 11 is 12.2. The SMILES string of the molecule is O=C1CCCC(=Nc2ccccc2Cl)C1S(=O)(=O)Nc1ccccc1Cl. The molecule has 3 rings (SSSR count). The third-order valence-electron chi connectivity index (χ3n) is 4.00. The van der Waals surface area contributed by atoms with Crippen LogP contribution in [0.3, 0.4) is 0 Å². The summed E-state index contributed by atoms with van der Waals surface area (Å²) < 4.78 is 28.2. The Morgan fingerprint density at radius 3 is 2.31 bits per heavy atom. The summed E-state index contributed by atoms with van der Waals surface area (Å²) in [4.78, 5) is 16.8. The second-order valence-electron chi connectivity index (χ2n) is 5.88. The first-order valence-electron chi connectivity index (χ1n) is 7.99. The van der Waals surface area contributed by atoms with Gasteiger partial charge < -0.3 is 0 Å². The highest BCUT2D eigenvalue weighted by Crippen LogP contribution is 2.29. The van der Waals surface area contributed by atoms with Gasteiger partial charge in [-0.3, -0.25) is 14.5 Å². The lowest BCUT2D eigenvalue weighted by atomic mass is 9.96. The van der Waals surface area contributed by atoms with Gasteiger partial charge >= 0.3 is 0 Å². The summed E-state index contributed by atoms with van der Waals surface area (Å²) in [6, 6.07) is 13.3. The number of benzene rings is 2. The third kappa shape index (κ3) is 4.09. The molecule has 5 nitrogen and oxygen atoms in total. The van der Waals surface area contributed by atoms with Crippen molar-refractivity contribution < 1.29 is 13.2 Å². The molecule has 2 aromatic carbocycles. The van der Waals surface area contributed by atoms with E-state index in [1.165, 1.54) is 6.07 Å². The standard InChI is InChI=1S/C18H16Cl2N2O3S/c19-12-6-1-3-8-14(12)21-16-10-5-11-17(23)18(16)26(24,25)22-15-9-4-2-7-13(15)20/h1-4,6-9,18,22H,5,10-11H2. The van der Waals surface area contributed by atoms with Gasteiger partial charge in [-0.15, -0.1) is 0 Å². The zero-order valence-corrected chi connectivity index (χ0v) is 16.0. The fourth-order valence-electron chi connectivity index (χ4n) is 2.81. The van der Waals surface area contributed by atoms with Gasteiger partial charge in [-0.05, 0) is 37.1 Å². The molecule has 0 aliphatic heterocycles. The molecule has 2 aromatic rings. The Bertz CT molecular complexity index is 974. The van der Waals surface area contributed by atoms with E-state index in [0.29, 0.717) is 23.6 Å². The summed E-state index contributed by atoms with van der Waals surface area (Å²) in [7, 11) is -4.05. The molecule has 1 unspecified atom stereocenters. The number of para-hydroxylation sites is 2. The minimum atomic E-state index is -4.05. The monoisotopic (exact) mass is 410 g/mol. The van der Waals surface area contributed by atoms with Gasteiger partial charge in [0, 0.05) is 12.1 Å². The fourth-order valence-corrected chi connectivity index (χ4v) is 4.82. The molecule has 0 saturated heterocycles. The van der Waals surface area contributed by atoms with E-state index >= 15 is 0 Å². The highest BCUT2D eigenvalue weighted by molar-refractivity contribution is 7.94. The second kappa shape index (κ2) is 7.78. The van der Waals surface area contributed by atoms with Gasteiger partial charge in [0.1, 0.15) is 0 Å². The van der Waals surface area contributed by atoms with Crippen LogP contribution in [0.1, 0.15) is 19.3 Å². The van der Waals surface area contributed by atoms with Crippen LogP contribution >= 0.6 is 23.2 Å². The van der Waals surface area contributed by atoms with Crippen molar-refractivity contribution in [2.45, 2.75) is 24.5 Å². The van der Waals surface area contributed by atoms with Gasteiger partial charge in [0.2, 0.25) is 10.0 Å². The highest BCUT2D eigenvalue weighted by atomic mass is 35.5. The number of anilines is 1. The number of carbonyl (C=O) groups is 1. The van der Waals surface area contributed by atoms with E-state index in [2.05, 4.69) is 9.71 Å². The summed E-state index contributed by atoms with van der Waals surface area (Å²) in [5.74, 6) is -0.387. The number of ketones is 1. The van der Waals surface area contributed by atoms with Crippen LogP contribution in [0.15, 0.2) is 53.5 Å². The molecule has 0 aromatic heterocycles. The largest absolute Gasteiger partial charge is 0.298 e. The molecule has 26 heavy (non-hydrogen) atoms. The summed E-state index contributed by atoms with van der Waals surface area (Å²) in [5, 5.41) is -0.707. The van der Waals surface area contributed by atoms with E-state index in [0.717, 1.165) is 0 Å². The molecule has 1 aliphatic carbocycles. The zero-order chi connectivity index (χ0) is 18.7. The van der Waals surface area contributed by atoms with Crippen molar-refractivity contribution in [3.8, 4) is 0 Å². The molecule has 0 bridgehead atoms. The molecule has 1 aliphatic rings. The van der Waals surface area contributed by atoms with Crippen molar-refractivity contribution >= 4 is 56.1 Å². The maximum atomic E-state index is 12.9. The lowest BCUT2D eigenvalue weighted by molar-refractivity contribution is -0.118. The molecular formula is C18H16Cl2N2O3S. The van der Waals surface area contributed by atoms with Crippen LogP contribution in [0, 0.1) is 0 Å². The Hall–Kier alpha value is -1.89. The molecule has 0 radical (unpaired) electrons. The first kappa shape index (κ1) is 18.9. The minimum Gasteiger partial charge on any atom is -0.298 e. The van der Waals surface area contributed by atoms with Gasteiger partial charge in [-0.1, -0.05) is 47.5 Å². The quantitative estimate of drug-likeness (QED) is 0.797. The van der Waals surface area contributed by atoms with E-state index in [9.17, 15) is 13.2 Å². The molecule has 0 amide bonds. The van der Waals surface area contributed by atoms with Crippen molar-refractivity contribution in [2.24, 2.45) is 4.99 Å². The van der Waals surface area contributed by atoms with E-state index in [1.54, 1.807) is 42.5 Å². The lowest BCUT2D eigenvalue weighted by Gasteiger charge is -2.24. The molecule has 1 N–H and O–H groups in total. The van der Waals surface area contributed by atoms with Gasteiger partial charge in [-0.2, -0.15) is 0 Å². The van der Waals surface area contributed by atoms with Crippen LogP contribution < -0.4 is 4.72 Å². The number of nitrogens with one attached hydrogen (secondary N) is 1. The number of Topliss-reactive ketones (excluding diaryl/α,β-unsaturated/α-hetero) is 1. The van der Waals surface area contributed by atoms with E-state index in [1.807, 2.05) is 0 Å². The van der Waals surface area contributed by atoms with Gasteiger partial charge in [0.25, 0.3) is 0 Å². The van der Waals surface area contributed by atoms with E-state index in [-0.39, 0.29) is 28.6 Å². The minimum absolute atomic E-state index is 0.190. The molecular weight excluding hydrogens is 395 g/mol. The van der Waals surface area contributed by atoms with Crippen molar-refractivity contribution in [3.63, 3.8) is 0 Å². The number of hydrogen-bond acceptors (Lipinski definition) is 4.